The molecule has 3 heteroatoms. The number of hydrogen-bond acceptors (Lipinski definition) is 2. The molecule has 2 aromatic carbocycles. The van der Waals surface area contributed by atoms with Crippen LogP contribution in [0.3, 0.4) is 0 Å². The van der Waals surface area contributed by atoms with Crippen molar-refractivity contribution in [2.24, 2.45) is 0 Å². The molecule has 0 aliphatic carbocycles. The van der Waals surface area contributed by atoms with Gasteiger partial charge in [-0.1, -0.05) is 28.1 Å². The molecule has 0 bridgehead atoms. The number of hydrogen-bond donors (Lipinski definition) is 0. The number of aryl methyl sites for hydroxylation is 2. The van der Waals surface area contributed by atoms with Crippen LogP contribution in [0.5, 0.6) is 11.5 Å². The molecule has 0 radical (unpaired) electrons. The Bertz CT molecular complexity index is 629. The standard InChI is InChI=1S/C15H12BrNO/c1-10-3-4-11(2)15(7-10)18-14-6-5-13(16)8-12(14)9-17/h3-8H,1-2H3. The van der Waals surface area contributed by atoms with Crippen molar-refractivity contribution in [1.29, 1.82) is 5.26 Å². The van der Waals surface area contributed by atoms with E-state index in [1.54, 1.807) is 12.1 Å². The lowest BCUT2D eigenvalue weighted by Crippen LogP contribution is -1.91. The molecule has 2 aromatic rings. The minimum atomic E-state index is 0.519. The molecule has 2 nitrogen and oxygen atoms in total. The van der Waals surface area contributed by atoms with Gasteiger partial charge in [0.05, 0.1) is 5.56 Å². The van der Waals surface area contributed by atoms with Gasteiger partial charge in [-0.15, -0.1) is 0 Å². The van der Waals surface area contributed by atoms with Crippen molar-refractivity contribution in [3.8, 4) is 17.6 Å². The summed E-state index contributed by atoms with van der Waals surface area (Å²) in [5.74, 6) is 1.36. The predicted molar refractivity (Wildman–Crippen MR) is 74.8 cm³/mol. The summed E-state index contributed by atoms with van der Waals surface area (Å²) in [4.78, 5) is 0. The van der Waals surface area contributed by atoms with Gasteiger partial charge in [0, 0.05) is 4.47 Å². The second-order valence-electron chi connectivity index (χ2n) is 4.12. The molecule has 0 spiro atoms. The molecule has 0 aliphatic rings. The Balaban J connectivity index is 2.40. The van der Waals surface area contributed by atoms with Crippen LogP contribution in [0, 0.1) is 25.2 Å². The SMILES string of the molecule is Cc1ccc(C)c(Oc2ccc(Br)cc2C#N)c1. The summed E-state index contributed by atoms with van der Waals surface area (Å²) in [6.07, 6.45) is 0. The minimum absolute atomic E-state index is 0.519. The third-order valence-corrected chi connectivity index (χ3v) is 3.12. The third kappa shape index (κ3) is 2.72. The Morgan fingerprint density at radius 3 is 2.56 bits per heavy atom. The highest BCUT2D eigenvalue weighted by Crippen LogP contribution is 2.30. The smallest absolute Gasteiger partial charge is 0.145 e. The molecule has 0 saturated carbocycles. The fourth-order valence-corrected chi connectivity index (χ4v) is 1.98. The Hall–Kier alpha value is -1.79. The molecule has 0 amide bonds. The van der Waals surface area contributed by atoms with E-state index in [9.17, 15) is 0 Å². The molecule has 0 N–H and O–H groups in total. The van der Waals surface area contributed by atoms with Gasteiger partial charge in [-0.2, -0.15) is 5.26 Å². The maximum Gasteiger partial charge on any atom is 0.145 e. The lowest BCUT2D eigenvalue weighted by molar-refractivity contribution is 0.477. The van der Waals surface area contributed by atoms with Crippen LogP contribution in [0.2, 0.25) is 0 Å². The van der Waals surface area contributed by atoms with Gasteiger partial charge in [-0.05, 0) is 49.2 Å². The van der Waals surface area contributed by atoms with Crippen LogP contribution in [0.4, 0.5) is 0 Å². The molecule has 2 rings (SSSR count). The van der Waals surface area contributed by atoms with Crippen LogP contribution in [-0.2, 0) is 0 Å². The van der Waals surface area contributed by atoms with E-state index in [4.69, 9.17) is 10.00 Å². The normalized spacial score (nSPS) is 9.89. The molecule has 0 aromatic heterocycles. The highest BCUT2D eigenvalue weighted by Gasteiger charge is 2.07. The summed E-state index contributed by atoms with van der Waals surface area (Å²) in [6, 6.07) is 13.6. The van der Waals surface area contributed by atoms with E-state index >= 15 is 0 Å². The van der Waals surface area contributed by atoms with Crippen molar-refractivity contribution in [1.82, 2.24) is 0 Å². The molecule has 0 unspecified atom stereocenters. The van der Waals surface area contributed by atoms with Gasteiger partial charge in [0.1, 0.15) is 17.6 Å². The van der Waals surface area contributed by atoms with Crippen LogP contribution in [0.1, 0.15) is 16.7 Å². The van der Waals surface area contributed by atoms with E-state index < -0.39 is 0 Å². The van der Waals surface area contributed by atoms with Gasteiger partial charge >= 0.3 is 0 Å². The van der Waals surface area contributed by atoms with E-state index in [-0.39, 0.29) is 0 Å². The van der Waals surface area contributed by atoms with Gasteiger partial charge in [-0.3, -0.25) is 0 Å². The number of nitrogens with zero attached hydrogens (tertiary/aromatic N) is 1. The second kappa shape index (κ2) is 5.24. The summed E-state index contributed by atoms with van der Waals surface area (Å²) in [7, 11) is 0. The molecule has 0 saturated heterocycles. The lowest BCUT2D eigenvalue weighted by Gasteiger charge is -2.10. The molecule has 90 valence electrons. The summed E-state index contributed by atoms with van der Waals surface area (Å²) in [5.41, 5.74) is 2.70. The third-order valence-electron chi connectivity index (χ3n) is 2.63. The average Bonchev–Trinajstić information content (AvgIpc) is 2.36. The predicted octanol–water partition coefficient (Wildman–Crippen LogP) is 4.73. The first-order valence-corrected chi connectivity index (χ1v) is 6.34. The summed E-state index contributed by atoms with van der Waals surface area (Å²) >= 11 is 3.34. The zero-order valence-corrected chi connectivity index (χ0v) is 11.8. The van der Waals surface area contributed by atoms with E-state index in [2.05, 4.69) is 22.0 Å². The zero-order chi connectivity index (χ0) is 13.1. The summed E-state index contributed by atoms with van der Waals surface area (Å²) < 4.78 is 6.69. The maximum atomic E-state index is 9.09. The minimum Gasteiger partial charge on any atom is -0.456 e. The largest absolute Gasteiger partial charge is 0.456 e. The first kappa shape index (κ1) is 12.7. The van der Waals surface area contributed by atoms with Gasteiger partial charge < -0.3 is 4.74 Å². The number of nitriles is 1. The lowest BCUT2D eigenvalue weighted by atomic mass is 10.1. The fraction of sp³-hybridized carbons (Fsp3) is 0.133. The van der Waals surface area contributed by atoms with E-state index in [1.165, 1.54) is 0 Å². The Labute approximate surface area is 115 Å². The highest BCUT2D eigenvalue weighted by molar-refractivity contribution is 9.10. The van der Waals surface area contributed by atoms with Gasteiger partial charge in [0.2, 0.25) is 0 Å². The molecular formula is C15H12BrNO. The molecule has 0 atom stereocenters. The van der Waals surface area contributed by atoms with E-state index in [0.717, 1.165) is 21.3 Å². The average molecular weight is 302 g/mol. The van der Waals surface area contributed by atoms with Crippen molar-refractivity contribution < 1.29 is 4.74 Å². The summed E-state index contributed by atoms with van der Waals surface area (Å²) in [6.45, 7) is 4.00. The Morgan fingerprint density at radius 2 is 1.83 bits per heavy atom. The molecule has 0 heterocycles. The first-order valence-electron chi connectivity index (χ1n) is 5.55. The molecule has 0 aliphatic heterocycles. The topological polar surface area (TPSA) is 33.0 Å². The van der Waals surface area contributed by atoms with Crippen LogP contribution >= 0.6 is 15.9 Å². The number of rotatable bonds is 2. The number of ether oxygens (including phenoxy) is 1. The molecular weight excluding hydrogens is 290 g/mol. The van der Waals surface area contributed by atoms with Gasteiger partial charge in [0.15, 0.2) is 0 Å². The Kier molecular flexibility index (Phi) is 3.69. The van der Waals surface area contributed by atoms with Crippen LogP contribution in [0.15, 0.2) is 40.9 Å². The van der Waals surface area contributed by atoms with Crippen molar-refractivity contribution >= 4 is 15.9 Å². The molecule has 18 heavy (non-hydrogen) atoms. The van der Waals surface area contributed by atoms with Crippen LogP contribution in [-0.4, -0.2) is 0 Å². The zero-order valence-electron chi connectivity index (χ0n) is 10.2. The molecule has 0 fully saturated rings. The van der Waals surface area contributed by atoms with Crippen molar-refractivity contribution in [2.45, 2.75) is 13.8 Å². The quantitative estimate of drug-likeness (QED) is 0.803. The van der Waals surface area contributed by atoms with Gasteiger partial charge in [-0.25, -0.2) is 0 Å². The number of halogens is 1. The first-order chi connectivity index (χ1) is 8.60. The monoisotopic (exact) mass is 301 g/mol. The highest BCUT2D eigenvalue weighted by atomic mass is 79.9. The Morgan fingerprint density at radius 1 is 1.06 bits per heavy atom. The van der Waals surface area contributed by atoms with Gasteiger partial charge in [0.25, 0.3) is 0 Å². The maximum absolute atomic E-state index is 9.09. The van der Waals surface area contributed by atoms with Crippen molar-refractivity contribution in [2.75, 3.05) is 0 Å². The van der Waals surface area contributed by atoms with Crippen molar-refractivity contribution in [3.63, 3.8) is 0 Å². The van der Waals surface area contributed by atoms with Crippen LogP contribution < -0.4 is 4.74 Å². The number of benzene rings is 2. The van der Waals surface area contributed by atoms with Crippen LogP contribution in [0.25, 0.3) is 0 Å². The fourth-order valence-electron chi connectivity index (χ4n) is 1.61. The summed E-state index contributed by atoms with van der Waals surface area (Å²) in [5, 5.41) is 9.09. The van der Waals surface area contributed by atoms with E-state index in [0.29, 0.717) is 11.3 Å². The van der Waals surface area contributed by atoms with E-state index in [1.807, 2.05) is 38.1 Å². The second-order valence-corrected chi connectivity index (χ2v) is 5.04. The van der Waals surface area contributed by atoms with Crippen molar-refractivity contribution in [3.05, 3.63) is 57.6 Å².